The lowest BCUT2D eigenvalue weighted by Crippen LogP contribution is -2.11. The molecule has 2 rings (SSSR count). The molecule has 1 aromatic heterocycles. The summed E-state index contributed by atoms with van der Waals surface area (Å²) in [7, 11) is -3.87. The standard InChI is InChI=1S/C12H10FNO4S2/c1-7-4-9(2-3-10(7)13)14-20(17,18)11-5-8(6-19-11)12(15)16/h2-6,14H,1H3,(H,15,16). The van der Waals surface area contributed by atoms with Gasteiger partial charge in [-0.25, -0.2) is 17.6 Å². The van der Waals surface area contributed by atoms with Crippen molar-refractivity contribution in [2.75, 3.05) is 4.72 Å². The number of aryl methyl sites for hydroxylation is 1. The quantitative estimate of drug-likeness (QED) is 0.908. The van der Waals surface area contributed by atoms with Crippen molar-refractivity contribution in [2.24, 2.45) is 0 Å². The molecule has 5 nitrogen and oxygen atoms in total. The summed E-state index contributed by atoms with van der Waals surface area (Å²) in [6, 6.07) is 4.89. The van der Waals surface area contributed by atoms with Gasteiger partial charge in [0.25, 0.3) is 10.0 Å². The number of hydrogen-bond acceptors (Lipinski definition) is 4. The molecule has 0 aliphatic carbocycles. The van der Waals surface area contributed by atoms with Crippen molar-refractivity contribution >= 4 is 33.0 Å². The second kappa shape index (κ2) is 5.22. The number of rotatable bonds is 4. The van der Waals surface area contributed by atoms with Crippen LogP contribution in [-0.2, 0) is 10.0 Å². The maximum absolute atomic E-state index is 13.1. The molecule has 0 radical (unpaired) electrons. The highest BCUT2D eigenvalue weighted by molar-refractivity contribution is 7.94. The Morgan fingerprint density at radius 2 is 2.05 bits per heavy atom. The number of carboxylic acids is 1. The minimum absolute atomic E-state index is 0.0920. The van der Waals surface area contributed by atoms with Crippen LogP contribution in [0.3, 0.4) is 0 Å². The minimum atomic E-state index is -3.87. The zero-order valence-corrected chi connectivity index (χ0v) is 11.9. The molecule has 106 valence electrons. The number of hydrogen-bond donors (Lipinski definition) is 2. The first-order valence-electron chi connectivity index (χ1n) is 5.40. The van der Waals surface area contributed by atoms with Crippen LogP contribution in [0.2, 0.25) is 0 Å². The molecule has 0 aliphatic rings. The van der Waals surface area contributed by atoms with Gasteiger partial charge in [0, 0.05) is 11.1 Å². The number of sulfonamides is 1. The van der Waals surface area contributed by atoms with Crippen molar-refractivity contribution in [1.29, 1.82) is 0 Å². The third-order valence-electron chi connectivity index (χ3n) is 2.50. The highest BCUT2D eigenvalue weighted by Crippen LogP contribution is 2.24. The Kier molecular flexibility index (Phi) is 3.78. The van der Waals surface area contributed by atoms with Gasteiger partial charge in [-0.3, -0.25) is 4.72 Å². The van der Waals surface area contributed by atoms with E-state index in [1.54, 1.807) is 0 Å². The molecule has 0 saturated heterocycles. The highest BCUT2D eigenvalue weighted by atomic mass is 32.2. The van der Waals surface area contributed by atoms with Crippen LogP contribution in [0.15, 0.2) is 33.9 Å². The molecule has 1 heterocycles. The first kappa shape index (κ1) is 14.5. The van der Waals surface area contributed by atoms with Crippen LogP contribution in [-0.4, -0.2) is 19.5 Å². The molecule has 2 aromatic rings. The molecule has 0 spiro atoms. The minimum Gasteiger partial charge on any atom is -0.478 e. The molecule has 1 aromatic carbocycles. The van der Waals surface area contributed by atoms with Crippen molar-refractivity contribution in [1.82, 2.24) is 0 Å². The van der Waals surface area contributed by atoms with Gasteiger partial charge in [0.2, 0.25) is 0 Å². The number of aromatic carboxylic acids is 1. The number of anilines is 1. The van der Waals surface area contributed by atoms with E-state index in [0.29, 0.717) is 5.56 Å². The average molecular weight is 315 g/mol. The maximum atomic E-state index is 13.1. The molecule has 20 heavy (non-hydrogen) atoms. The summed E-state index contributed by atoms with van der Waals surface area (Å²) in [6.07, 6.45) is 0. The van der Waals surface area contributed by atoms with E-state index in [1.807, 2.05) is 0 Å². The Morgan fingerprint density at radius 3 is 2.60 bits per heavy atom. The Labute approximate surface area is 118 Å². The van der Waals surface area contributed by atoms with Crippen LogP contribution in [0.4, 0.5) is 10.1 Å². The van der Waals surface area contributed by atoms with Crippen LogP contribution in [0.1, 0.15) is 15.9 Å². The Balaban J connectivity index is 2.30. The number of halogens is 1. The van der Waals surface area contributed by atoms with E-state index in [2.05, 4.69) is 4.72 Å². The number of carboxylic acid groups (broad SMARTS) is 1. The molecule has 0 fully saturated rings. The zero-order chi connectivity index (χ0) is 14.9. The van der Waals surface area contributed by atoms with E-state index in [9.17, 15) is 17.6 Å². The second-order valence-corrected chi connectivity index (χ2v) is 6.85. The maximum Gasteiger partial charge on any atom is 0.336 e. The van der Waals surface area contributed by atoms with E-state index in [0.717, 1.165) is 23.5 Å². The summed E-state index contributed by atoms with van der Waals surface area (Å²) in [6.45, 7) is 1.51. The van der Waals surface area contributed by atoms with Crippen molar-refractivity contribution in [3.8, 4) is 0 Å². The smallest absolute Gasteiger partial charge is 0.336 e. The molecule has 0 atom stereocenters. The molecule has 8 heteroatoms. The topological polar surface area (TPSA) is 83.5 Å². The highest BCUT2D eigenvalue weighted by Gasteiger charge is 2.19. The van der Waals surface area contributed by atoms with Gasteiger partial charge < -0.3 is 5.11 Å². The number of thiophene rings is 1. The average Bonchev–Trinajstić information content (AvgIpc) is 2.84. The molecule has 0 aliphatic heterocycles. The Morgan fingerprint density at radius 1 is 1.35 bits per heavy atom. The summed E-state index contributed by atoms with van der Waals surface area (Å²) >= 11 is 0.806. The predicted octanol–water partition coefficient (Wildman–Crippen LogP) is 2.69. The van der Waals surface area contributed by atoms with Crippen molar-refractivity contribution in [2.45, 2.75) is 11.1 Å². The van der Waals surface area contributed by atoms with Gasteiger partial charge in [-0.15, -0.1) is 11.3 Å². The third kappa shape index (κ3) is 2.97. The number of benzene rings is 1. The van der Waals surface area contributed by atoms with Gasteiger partial charge in [0.1, 0.15) is 10.0 Å². The van der Waals surface area contributed by atoms with Gasteiger partial charge in [-0.1, -0.05) is 0 Å². The SMILES string of the molecule is Cc1cc(NS(=O)(=O)c2cc(C(=O)O)cs2)ccc1F. The third-order valence-corrected chi connectivity index (χ3v) is 5.32. The van der Waals surface area contributed by atoms with E-state index in [1.165, 1.54) is 24.4 Å². The lowest BCUT2D eigenvalue weighted by molar-refractivity contribution is 0.0697. The van der Waals surface area contributed by atoms with E-state index < -0.39 is 21.8 Å². The summed E-state index contributed by atoms with van der Waals surface area (Å²) in [5.74, 6) is -1.63. The Hall–Kier alpha value is -1.93. The van der Waals surface area contributed by atoms with Gasteiger partial charge >= 0.3 is 5.97 Å². The first-order valence-corrected chi connectivity index (χ1v) is 7.76. The van der Waals surface area contributed by atoms with E-state index in [4.69, 9.17) is 5.11 Å². The molecule has 0 saturated carbocycles. The molecular formula is C12H10FNO4S2. The first-order chi connectivity index (χ1) is 9.29. The van der Waals surface area contributed by atoms with Crippen LogP contribution < -0.4 is 4.72 Å². The van der Waals surface area contributed by atoms with Gasteiger partial charge in [0.15, 0.2) is 0 Å². The molecule has 0 bridgehead atoms. The molecule has 2 N–H and O–H groups in total. The lowest BCUT2D eigenvalue weighted by Gasteiger charge is -2.07. The molecular weight excluding hydrogens is 305 g/mol. The van der Waals surface area contributed by atoms with Crippen LogP contribution in [0, 0.1) is 12.7 Å². The lowest BCUT2D eigenvalue weighted by atomic mass is 10.2. The predicted molar refractivity (Wildman–Crippen MR) is 73.2 cm³/mol. The largest absolute Gasteiger partial charge is 0.478 e. The normalized spacial score (nSPS) is 11.3. The summed E-state index contributed by atoms with van der Waals surface area (Å²) < 4.78 is 39.4. The fourth-order valence-electron chi connectivity index (χ4n) is 1.48. The van der Waals surface area contributed by atoms with Crippen molar-refractivity contribution in [3.63, 3.8) is 0 Å². The van der Waals surface area contributed by atoms with Gasteiger partial charge in [0.05, 0.1) is 5.56 Å². The van der Waals surface area contributed by atoms with Crippen molar-refractivity contribution in [3.05, 3.63) is 46.6 Å². The molecule has 0 unspecified atom stereocenters. The van der Waals surface area contributed by atoms with E-state index >= 15 is 0 Å². The number of nitrogens with one attached hydrogen (secondary N) is 1. The van der Waals surface area contributed by atoms with E-state index in [-0.39, 0.29) is 15.5 Å². The second-order valence-electron chi connectivity index (χ2n) is 4.03. The van der Waals surface area contributed by atoms with Crippen LogP contribution >= 0.6 is 11.3 Å². The van der Waals surface area contributed by atoms with Crippen molar-refractivity contribution < 1.29 is 22.7 Å². The summed E-state index contributed by atoms with van der Waals surface area (Å²) in [5.41, 5.74) is 0.433. The van der Waals surface area contributed by atoms with Gasteiger partial charge in [-0.05, 0) is 36.8 Å². The summed E-state index contributed by atoms with van der Waals surface area (Å²) in [4.78, 5) is 10.7. The van der Waals surface area contributed by atoms with Crippen LogP contribution in [0.5, 0.6) is 0 Å². The Bertz CT molecular complexity index is 768. The molecule has 0 amide bonds. The fourth-order valence-corrected chi connectivity index (χ4v) is 3.69. The fraction of sp³-hybridized carbons (Fsp3) is 0.0833. The summed E-state index contributed by atoms with van der Waals surface area (Å²) in [5, 5.41) is 10.0. The zero-order valence-electron chi connectivity index (χ0n) is 10.3. The number of carbonyl (C=O) groups is 1. The van der Waals surface area contributed by atoms with Gasteiger partial charge in [-0.2, -0.15) is 0 Å². The monoisotopic (exact) mass is 315 g/mol. The van der Waals surface area contributed by atoms with Crippen LogP contribution in [0.25, 0.3) is 0 Å².